The van der Waals surface area contributed by atoms with Crippen LogP contribution in [0.3, 0.4) is 0 Å². The second-order valence-electron chi connectivity index (χ2n) is 4.23. The molecule has 86 valence electrons. The van der Waals surface area contributed by atoms with Crippen molar-refractivity contribution in [1.29, 1.82) is 0 Å². The van der Waals surface area contributed by atoms with E-state index in [-0.39, 0.29) is 23.6 Å². The molecule has 1 heterocycles. The first-order valence-electron chi connectivity index (χ1n) is 5.34. The van der Waals surface area contributed by atoms with Gasteiger partial charge < -0.3 is 9.30 Å². The van der Waals surface area contributed by atoms with Crippen LogP contribution in [0.25, 0.3) is 0 Å². The van der Waals surface area contributed by atoms with Crippen LogP contribution < -0.4 is 0 Å². The van der Waals surface area contributed by atoms with Gasteiger partial charge in [0.05, 0.1) is 13.0 Å². The van der Waals surface area contributed by atoms with E-state index in [1.807, 2.05) is 29.9 Å². The van der Waals surface area contributed by atoms with Gasteiger partial charge in [0.15, 0.2) is 0 Å². The largest absolute Gasteiger partial charge is 0.469 e. The summed E-state index contributed by atoms with van der Waals surface area (Å²) in [5.74, 6) is -0.482. The van der Waals surface area contributed by atoms with Crippen molar-refractivity contribution in [3.63, 3.8) is 0 Å². The summed E-state index contributed by atoms with van der Waals surface area (Å²) in [7, 11) is 3.29. The molecule has 16 heavy (non-hydrogen) atoms. The molecule has 2 rings (SSSR count). The van der Waals surface area contributed by atoms with Crippen molar-refractivity contribution in [2.45, 2.75) is 18.8 Å². The van der Waals surface area contributed by atoms with Crippen LogP contribution in [-0.4, -0.2) is 23.4 Å². The number of carbonyl (C=O) groups excluding carboxylic acids is 2. The number of ether oxygens (including phenoxy) is 1. The maximum Gasteiger partial charge on any atom is 0.309 e. The Morgan fingerprint density at radius 3 is 2.81 bits per heavy atom. The molecule has 4 nitrogen and oxygen atoms in total. The van der Waals surface area contributed by atoms with Crippen molar-refractivity contribution in [1.82, 2.24) is 4.57 Å². The number of aromatic nitrogens is 1. The van der Waals surface area contributed by atoms with Crippen LogP contribution in [0.5, 0.6) is 0 Å². The van der Waals surface area contributed by atoms with Gasteiger partial charge in [-0.05, 0) is 12.1 Å². The summed E-state index contributed by atoms with van der Waals surface area (Å²) in [4.78, 5) is 23.1. The molecule has 0 spiro atoms. The van der Waals surface area contributed by atoms with E-state index in [0.29, 0.717) is 12.8 Å². The predicted molar refractivity (Wildman–Crippen MR) is 57.9 cm³/mol. The second-order valence-corrected chi connectivity index (χ2v) is 4.23. The van der Waals surface area contributed by atoms with Gasteiger partial charge in [0.25, 0.3) is 0 Å². The summed E-state index contributed by atoms with van der Waals surface area (Å²) < 4.78 is 6.71. The lowest BCUT2D eigenvalue weighted by atomic mass is 9.93. The lowest BCUT2D eigenvalue weighted by Crippen LogP contribution is -2.20. The zero-order chi connectivity index (χ0) is 11.7. The maximum absolute atomic E-state index is 11.6. The van der Waals surface area contributed by atoms with Crippen LogP contribution >= 0.6 is 0 Å². The fourth-order valence-electron chi connectivity index (χ4n) is 2.43. The summed E-state index contributed by atoms with van der Waals surface area (Å²) in [5.41, 5.74) is 1.03. The third kappa shape index (κ3) is 1.75. The third-order valence-corrected chi connectivity index (χ3v) is 3.25. The van der Waals surface area contributed by atoms with Gasteiger partial charge >= 0.3 is 5.97 Å². The van der Waals surface area contributed by atoms with Crippen molar-refractivity contribution >= 4 is 11.8 Å². The average Bonchev–Trinajstić information content (AvgIpc) is 2.83. The molecule has 0 N–H and O–H groups in total. The van der Waals surface area contributed by atoms with Crippen LogP contribution in [0.1, 0.15) is 24.5 Å². The lowest BCUT2D eigenvalue weighted by Gasteiger charge is -2.17. The number of esters is 1. The van der Waals surface area contributed by atoms with Gasteiger partial charge in [0.2, 0.25) is 0 Å². The predicted octanol–water partition coefficient (Wildman–Crippen LogP) is 1.26. The Morgan fingerprint density at radius 1 is 1.50 bits per heavy atom. The number of hydrogen-bond donors (Lipinski definition) is 0. The number of hydrogen-bond acceptors (Lipinski definition) is 3. The molecule has 1 aromatic rings. The monoisotopic (exact) mass is 221 g/mol. The number of methoxy groups -OCH3 is 1. The number of rotatable bonds is 2. The van der Waals surface area contributed by atoms with E-state index in [1.54, 1.807) is 0 Å². The Bertz CT molecular complexity index is 422. The van der Waals surface area contributed by atoms with E-state index in [9.17, 15) is 9.59 Å². The summed E-state index contributed by atoms with van der Waals surface area (Å²) in [6.45, 7) is 0. The first kappa shape index (κ1) is 10.9. The minimum absolute atomic E-state index is 0.0278. The molecule has 1 fully saturated rings. The Labute approximate surface area is 94.2 Å². The Kier molecular flexibility index (Phi) is 2.81. The zero-order valence-corrected chi connectivity index (χ0v) is 9.47. The highest BCUT2D eigenvalue weighted by Gasteiger charge is 2.40. The molecular weight excluding hydrogens is 206 g/mol. The Hall–Kier alpha value is -1.58. The van der Waals surface area contributed by atoms with Crippen LogP contribution in [-0.2, 0) is 21.4 Å². The lowest BCUT2D eigenvalue weighted by molar-refractivity contribution is -0.146. The number of ketones is 1. The highest BCUT2D eigenvalue weighted by molar-refractivity contribution is 5.89. The molecule has 0 aromatic carbocycles. The molecule has 1 aromatic heterocycles. The van der Waals surface area contributed by atoms with Crippen LogP contribution in [0, 0.1) is 5.92 Å². The van der Waals surface area contributed by atoms with Gasteiger partial charge in [-0.1, -0.05) is 0 Å². The first-order valence-corrected chi connectivity index (χ1v) is 5.34. The van der Waals surface area contributed by atoms with Gasteiger partial charge in [-0.25, -0.2) is 0 Å². The smallest absolute Gasteiger partial charge is 0.309 e. The zero-order valence-electron chi connectivity index (χ0n) is 9.47. The quantitative estimate of drug-likeness (QED) is 0.706. The van der Waals surface area contributed by atoms with E-state index in [4.69, 9.17) is 4.74 Å². The molecule has 2 atom stereocenters. The number of aryl methyl sites for hydroxylation is 1. The summed E-state index contributed by atoms with van der Waals surface area (Å²) in [6.07, 6.45) is 2.67. The summed E-state index contributed by atoms with van der Waals surface area (Å²) in [5, 5.41) is 0. The minimum atomic E-state index is -0.314. The molecule has 0 radical (unpaired) electrons. The topological polar surface area (TPSA) is 48.3 Å². The van der Waals surface area contributed by atoms with Gasteiger partial charge in [0, 0.05) is 37.7 Å². The average molecular weight is 221 g/mol. The standard InChI is InChI=1S/C12H15NO3/c1-13-5-3-4-11(13)9-6-8(14)7-10(9)12(15)16-2/h3-5,9-10H,6-7H2,1-2H3/t9-,10-/m1/s1. The molecule has 0 aliphatic heterocycles. The Morgan fingerprint density at radius 2 is 2.25 bits per heavy atom. The van der Waals surface area contributed by atoms with E-state index in [0.717, 1.165) is 5.69 Å². The van der Waals surface area contributed by atoms with E-state index < -0.39 is 0 Å². The van der Waals surface area contributed by atoms with E-state index in [2.05, 4.69) is 0 Å². The summed E-state index contributed by atoms with van der Waals surface area (Å²) >= 11 is 0. The second kappa shape index (κ2) is 4.12. The summed E-state index contributed by atoms with van der Waals surface area (Å²) in [6, 6.07) is 3.88. The highest BCUT2D eigenvalue weighted by Crippen LogP contribution is 2.38. The SMILES string of the molecule is COC(=O)[C@@H]1CC(=O)C[C@H]1c1cccn1C. The van der Waals surface area contributed by atoms with Crippen molar-refractivity contribution in [2.24, 2.45) is 13.0 Å². The fourth-order valence-corrected chi connectivity index (χ4v) is 2.43. The van der Waals surface area contributed by atoms with Crippen molar-refractivity contribution < 1.29 is 14.3 Å². The molecule has 1 saturated carbocycles. The van der Waals surface area contributed by atoms with Gasteiger partial charge in [-0.2, -0.15) is 0 Å². The van der Waals surface area contributed by atoms with E-state index >= 15 is 0 Å². The Balaban J connectivity index is 2.29. The molecular formula is C12H15NO3. The van der Waals surface area contributed by atoms with Gasteiger partial charge in [-0.3, -0.25) is 9.59 Å². The molecule has 0 amide bonds. The highest BCUT2D eigenvalue weighted by atomic mass is 16.5. The van der Waals surface area contributed by atoms with Crippen LogP contribution in [0.15, 0.2) is 18.3 Å². The number of Topliss-reactive ketones (excluding diaryl/α,β-unsaturated/α-hetero) is 1. The van der Waals surface area contributed by atoms with Crippen molar-refractivity contribution in [3.05, 3.63) is 24.0 Å². The van der Waals surface area contributed by atoms with Gasteiger partial charge in [-0.15, -0.1) is 0 Å². The first-order chi connectivity index (χ1) is 7.63. The van der Waals surface area contributed by atoms with E-state index in [1.165, 1.54) is 7.11 Å². The normalized spacial score (nSPS) is 24.8. The molecule has 1 aliphatic rings. The van der Waals surface area contributed by atoms with Gasteiger partial charge in [0.1, 0.15) is 5.78 Å². The molecule has 1 aliphatic carbocycles. The van der Waals surface area contributed by atoms with Crippen molar-refractivity contribution in [3.8, 4) is 0 Å². The van der Waals surface area contributed by atoms with Crippen molar-refractivity contribution in [2.75, 3.05) is 7.11 Å². The third-order valence-electron chi connectivity index (χ3n) is 3.25. The minimum Gasteiger partial charge on any atom is -0.469 e. The number of nitrogens with zero attached hydrogens (tertiary/aromatic N) is 1. The molecule has 4 heteroatoms. The molecule has 0 bridgehead atoms. The number of carbonyl (C=O) groups is 2. The fraction of sp³-hybridized carbons (Fsp3) is 0.500. The van der Waals surface area contributed by atoms with Crippen LogP contribution in [0.4, 0.5) is 0 Å². The maximum atomic E-state index is 11.6. The molecule has 0 unspecified atom stereocenters. The van der Waals surface area contributed by atoms with Crippen LogP contribution in [0.2, 0.25) is 0 Å². The molecule has 0 saturated heterocycles.